The van der Waals surface area contributed by atoms with Crippen molar-refractivity contribution in [2.24, 2.45) is 0 Å². The molecule has 0 spiro atoms. The first-order valence-electron chi connectivity index (χ1n) is 5.76. The van der Waals surface area contributed by atoms with Crippen LogP contribution in [-0.2, 0) is 9.84 Å². The number of amides is 1. The van der Waals surface area contributed by atoms with Gasteiger partial charge in [0.05, 0.1) is 4.90 Å². The summed E-state index contributed by atoms with van der Waals surface area (Å²) in [6.07, 6.45) is 1.48. The molecule has 0 aliphatic rings. The van der Waals surface area contributed by atoms with E-state index in [9.17, 15) is 13.2 Å². The maximum atomic E-state index is 11.9. The van der Waals surface area contributed by atoms with Crippen molar-refractivity contribution >= 4 is 21.4 Å². The minimum absolute atomic E-state index is 0.00691. The topological polar surface area (TPSA) is 109 Å². The molecule has 6 nitrogen and oxygen atoms in total. The molecule has 0 aliphatic carbocycles. The Balaban J connectivity index is 3.01. The Labute approximate surface area is 112 Å². The largest absolute Gasteiger partial charge is 0.399 e. The second-order valence-corrected chi connectivity index (χ2v) is 6.47. The van der Waals surface area contributed by atoms with Crippen LogP contribution in [0.2, 0.25) is 0 Å². The van der Waals surface area contributed by atoms with Crippen LogP contribution in [0.4, 0.5) is 5.69 Å². The minimum atomic E-state index is -3.42. The van der Waals surface area contributed by atoms with Crippen LogP contribution in [-0.4, -0.2) is 38.3 Å². The Morgan fingerprint density at radius 2 is 2.05 bits per heavy atom. The molecule has 19 heavy (non-hydrogen) atoms. The van der Waals surface area contributed by atoms with Gasteiger partial charge in [0.15, 0.2) is 9.84 Å². The van der Waals surface area contributed by atoms with Gasteiger partial charge >= 0.3 is 0 Å². The average molecular weight is 286 g/mol. The molecule has 1 unspecified atom stereocenters. The number of nitrogens with two attached hydrogens (primary N) is 1. The van der Waals surface area contributed by atoms with E-state index < -0.39 is 15.7 Å². The van der Waals surface area contributed by atoms with E-state index in [2.05, 4.69) is 5.32 Å². The molecule has 1 atom stereocenters. The lowest BCUT2D eigenvalue weighted by atomic mass is 10.1. The fourth-order valence-electron chi connectivity index (χ4n) is 1.54. The molecule has 1 aromatic carbocycles. The Bertz CT molecular complexity index is 569. The number of benzene rings is 1. The molecule has 106 valence electrons. The third-order valence-corrected chi connectivity index (χ3v) is 3.65. The van der Waals surface area contributed by atoms with Gasteiger partial charge in [0, 0.05) is 30.2 Å². The summed E-state index contributed by atoms with van der Waals surface area (Å²) in [5.41, 5.74) is 6.00. The van der Waals surface area contributed by atoms with Gasteiger partial charge in [-0.25, -0.2) is 8.42 Å². The summed E-state index contributed by atoms with van der Waals surface area (Å²) < 4.78 is 22.9. The van der Waals surface area contributed by atoms with Gasteiger partial charge in [0.1, 0.15) is 0 Å². The van der Waals surface area contributed by atoms with Crippen LogP contribution < -0.4 is 11.1 Å². The molecule has 4 N–H and O–H groups in total. The highest BCUT2D eigenvalue weighted by Gasteiger charge is 2.14. The Kier molecular flexibility index (Phi) is 4.90. The molecule has 1 amide bonds. The van der Waals surface area contributed by atoms with Gasteiger partial charge in [-0.1, -0.05) is 0 Å². The number of rotatable bonds is 5. The molecule has 0 radical (unpaired) electrons. The summed E-state index contributed by atoms with van der Waals surface area (Å²) in [5, 5.41) is 11.4. The van der Waals surface area contributed by atoms with Gasteiger partial charge in [0.25, 0.3) is 5.91 Å². The zero-order valence-corrected chi connectivity index (χ0v) is 11.7. The first kappa shape index (κ1) is 15.5. The number of carbonyl (C=O) groups is 1. The highest BCUT2D eigenvalue weighted by atomic mass is 32.2. The number of hydrogen-bond donors (Lipinski definition) is 3. The highest BCUT2D eigenvalue weighted by Crippen LogP contribution is 2.17. The van der Waals surface area contributed by atoms with Crippen LogP contribution in [0.25, 0.3) is 0 Å². The van der Waals surface area contributed by atoms with Crippen molar-refractivity contribution in [1.82, 2.24) is 5.32 Å². The van der Waals surface area contributed by atoms with Gasteiger partial charge < -0.3 is 16.2 Å². The lowest BCUT2D eigenvalue weighted by Gasteiger charge is -2.13. The van der Waals surface area contributed by atoms with E-state index in [-0.39, 0.29) is 28.8 Å². The molecule has 0 aromatic heterocycles. The molecule has 1 aromatic rings. The third kappa shape index (κ3) is 4.53. The fraction of sp³-hybridized carbons (Fsp3) is 0.417. The zero-order valence-electron chi connectivity index (χ0n) is 10.9. The molecule has 0 fully saturated rings. The molecule has 0 aliphatic heterocycles. The summed E-state index contributed by atoms with van der Waals surface area (Å²) in [6, 6.07) is 3.80. The number of anilines is 1. The second kappa shape index (κ2) is 6.03. The number of aliphatic hydroxyl groups excluding tert-OH is 1. The molecule has 7 heteroatoms. The second-order valence-electron chi connectivity index (χ2n) is 4.45. The summed E-state index contributed by atoms with van der Waals surface area (Å²) in [4.78, 5) is 11.9. The van der Waals surface area contributed by atoms with E-state index in [1.807, 2.05) is 0 Å². The quantitative estimate of drug-likeness (QED) is 0.669. The van der Waals surface area contributed by atoms with Gasteiger partial charge in [-0.15, -0.1) is 0 Å². The normalized spacial score (nSPS) is 13.0. The molecule has 0 heterocycles. The van der Waals surface area contributed by atoms with Crippen molar-refractivity contribution in [2.75, 3.05) is 18.6 Å². The Morgan fingerprint density at radius 3 is 2.58 bits per heavy atom. The van der Waals surface area contributed by atoms with Crippen LogP contribution in [0.5, 0.6) is 0 Å². The lowest BCUT2D eigenvalue weighted by Crippen LogP contribution is -2.33. The molecule has 0 bridgehead atoms. The predicted octanol–water partition coefficient (Wildman–Crippen LogP) is 0.173. The van der Waals surface area contributed by atoms with Crippen molar-refractivity contribution < 1.29 is 18.3 Å². The van der Waals surface area contributed by atoms with E-state index in [1.165, 1.54) is 18.2 Å². The van der Waals surface area contributed by atoms with Crippen LogP contribution in [0.3, 0.4) is 0 Å². The number of hydrogen-bond acceptors (Lipinski definition) is 5. The zero-order chi connectivity index (χ0) is 14.6. The molecule has 0 saturated carbocycles. The lowest BCUT2D eigenvalue weighted by molar-refractivity contribution is 0.0934. The standard InChI is InChI=1S/C12H18N2O4S/c1-8(3-4-15)14-12(16)9-5-10(13)7-11(6-9)19(2,17)18/h5-8,15H,3-4,13H2,1-2H3,(H,14,16). The monoisotopic (exact) mass is 286 g/mol. The Hall–Kier alpha value is -1.60. The van der Waals surface area contributed by atoms with Crippen molar-refractivity contribution in [1.29, 1.82) is 0 Å². The molecular formula is C12H18N2O4S. The predicted molar refractivity (Wildman–Crippen MR) is 72.6 cm³/mol. The first-order valence-corrected chi connectivity index (χ1v) is 7.65. The highest BCUT2D eigenvalue weighted by molar-refractivity contribution is 7.90. The van der Waals surface area contributed by atoms with E-state index in [0.717, 1.165) is 6.26 Å². The third-order valence-electron chi connectivity index (χ3n) is 2.56. The summed E-state index contributed by atoms with van der Waals surface area (Å²) in [6.45, 7) is 1.71. The summed E-state index contributed by atoms with van der Waals surface area (Å²) in [5.74, 6) is -0.418. The first-order chi connectivity index (χ1) is 8.74. The number of aliphatic hydroxyl groups is 1. The van der Waals surface area contributed by atoms with Crippen LogP contribution in [0.1, 0.15) is 23.7 Å². The van der Waals surface area contributed by atoms with Crippen LogP contribution in [0.15, 0.2) is 23.1 Å². The molecular weight excluding hydrogens is 268 g/mol. The van der Waals surface area contributed by atoms with Crippen LogP contribution >= 0.6 is 0 Å². The smallest absolute Gasteiger partial charge is 0.251 e. The van der Waals surface area contributed by atoms with E-state index in [0.29, 0.717) is 6.42 Å². The van der Waals surface area contributed by atoms with Crippen molar-refractivity contribution in [3.8, 4) is 0 Å². The van der Waals surface area contributed by atoms with Gasteiger partial charge in [0.2, 0.25) is 0 Å². The average Bonchev–Trinajstić information content (AvgIpc) is 2.27. The maximum absolute atomic E-state index is 11.9. The molecule has 1 rings (SSSR count). The summed E-state index contributed by atoms with van der Waals surface area (Å²) >= 11 is 0. The van der Waals surface area contributed by atoms with Gasteiger partial charge in [-0.2, -0.15) is 0 Å². The van der Waals surface area contributed by atoms with Crippen LogP contribution in [0, 0.1) is 0 Å². The van der Waals surface area contributed by atoms with Crippen molar-refractivity contribution in [3.05, 3.63) is 23.8 Å². The Morgan fingerprint density at radius 1 is 1.42 bits per heavy atom. The number of nitrogen functional groups attached to an aromatic ring is 1. The number of sulfone groups is 1. The SMILES string of the molecule is CC(CCO)NC(=O)c1cc(N)cc(S(C)(=O)=O)c1. The summed E-state index contributed by atoms with van der Waals surface area (Å²) in [7, 11) is -3.42. The van der Waals surface area contributed by atoms with E-state index in [1.54, 1.807) is 6.92 Å². The molecule has 0 saturated heterocycles. The van der Waals surface area contributed by atoms with Crippen molar-refractivity contribution in [2.45, 2.75) is 24.3 Å². The minimum Gasteiger partial charge on any atom is -0.399 e. The van der Waals surface area contributed by atoms with E-state index >= 15 is 0 Å². The maximum Gasteiger partial charge on any atom is 0.251 e. The van der Waals surface area contributed by atoms with Crippen molar-refractivity contribution in [3.63, 3.8) is 0 Å². The number of nitrogens with one attached hydrogen (secondary N) is 1. The van der Waals surface area contributed by atoms with E-state index in [4.69, 9.17) is 10.8 Å². The number of carbonyl (C=O) groups excluding carboxylic acids is 1. The van der Waals surface area contributed by atoms with Gasteiger partial charge in [-0.05, 0) is 31.5 Å². The fourth-order valence-corrected chi connectivity index (χ4v) is 2.23. The van der Waals surface area contributed by atoms with Gasteiger partial charge in [-0.3, -0.25) is 4.79 Å².